The van der Waals surface area contributed by atoms with Crippen LogP contribution >= 0.6 is 0 Å². The lowest BCUT2D eigenvalue weighted by molar-refractivity contribution is -0.134. The molecule has 2 atom stereocenters. The number of fused-ring (bicyclic) bond motifs is 1. The van der Waals surface area contributed by atoms with Crippen molar-refractivity contribution < 1.29 is 51.7 Å². The molecule has 5 heterocycles. The number of hydrogen-bond acceptors (Lipinski definition) is 14. The van der Waals surface area contributed by atoms with Crippen molar-refractivity contribution in [1.82, 2.24) is 35.4 Å². The van der Waals surface area contributed by atoms with Crippen LogP contribution in [-0.4, -0.2) is 154 Å². The van der Waals surface area contributed by atoms with Crippen molar-refractivity contribution in [2.45, 2.75) is 57.0 Å². The van der Waals surface area contributed by atoms with E-state index in [0.717, 1.165) is 29.9 Å². The van der Waals surface area contributed by atoms with E-state index in [1.54, 1.807) is 12.3 Å². The summed E-state index contributed by atoms with van der Waals surface area (Å²) >= 11 is 0. The van der Waals surface area contributed by atoms with Gasteiger partial charge in [0.25, 0.3) is 5.91 Å². The molecule has 2 aromatic heterocycles. The predicted octanol–water partition coefficient (Wildman–Crippen LogP) is 3.00. The van der Waals surface area contributed by atoms with E-state index in [0.29, 0.717) is 136 Å². The number of piperidine rings is 1. The maximum atomic E-state index is 14.6. The first-order valence-corrected chi connectivity index (χ1v) is 23.3. The predicted molar refractivity (Wildman–Crippen MR) is 246 cm³/mol. The number of amides is 5. The van der Waals surface area contributed by atoms with E-state index in [1.807, 2.05) is 34.1 Å². The number of carbonyl (C=O) groups is 5. The molecule has 0 saturated carbocycles. The summed E-state index contributed by atoms with van der Waals surface area (Å²) in [6.45, 7) is 6.67. The number of hydrogen-bond donors (Lipinski definition) is 4. The topological polar surface area (TPSA) is 210 Å². The maximum Gasteiger partial charge on any atom is 0.256 e. The Morgan fingerprint density at radius 1 is 0.779 bits per heavy atom. The number of ether oxygens (including phenoxy) is 4. The number of carbonyl (C=O) groups excluding carboxylic acids is 5. The molecule has 7 rings (SSSR count). The Morgan fingerprint density at radius 3 is 2.19 bits per heavy atom. The highest BCUT2D eigenvalue weighted by Crippen LogP contribution is 2.37. The lowest BCUT2D eigenvalue weighted by Crippen LogP contribution is -2.49. The van der Waals surface area contributed by atoms with Crippen molar-refractivity contribution in [1.29, 1.82) is 0 Å². The standard InChI is InChI=1S/C47H60F2N10O9/c48-33-4-9-38(49)36(31-33)40-3-1-17-58(40)41-12-18-59-45(54-41)37(32-52-59)46(63)51-16-2-15-50-42(60)13-23-65-25-27-67-29-30-68-28-26-66-24-14-44(62)57-21-19-56(20-22-57)35-7-5-34(6-8-35)53-39-10-11-43(61)55-47(39)64/h4-9,12,18,31-32,39-40,53H,1-3,10-11,13-17,19-30H2,(H,50,60)(H,51,63)(H,55,61,64)/t39?,40-/m1/s1. The van der Waals surface area contributed by atoms with Crippen molar-refractivity contribution in [3.8, 4) is 0 Å². The van der Waals surface area contributed by atoms with Gasteiger partial charge in [-0.05, 0) is 74.2 Å². The lowest BCUT2D eigenvalue weighted by atomic mass is 10.0. The summed E-state index contributed by atoms with van der Waals surface area (Å²) in [7, 11) is 0. The van der Waals surface area contributed by atoms with Crippen LogP contribution in [0.4, 0.5) is 26.0 Å². The number of anilines is 3. The molecule has 19 nitrogen and oxygen atoms in total. The second-order valence-electron chi connectivity index (χ2n) is 16.6. The molecule has 3 aliphatic heterocycles. The largest absolute Gasteiger partial charge is 0.379 e. The van der Waals surface area contributed by atoms with Crippen LogP contribution in [0.5, 0.6) is 0 Å². The zero-order valence-corrected chi connectivity index (χ0v) is 38.1. The smallest absolute Gasteiger partial charge is 0.256 e. The van der Waals surface area contributed by atoms with Gasteiger partial charge in [0.2, 0.25) is 23.6 Å². The quantitative estimate of drug-likeness (QED) is 0.0557. The molecular formula is C47H60F2N10O9. The van der Waals surface area contributed by atoms with Crippen molar-refractivity contribution in [3.63, 3.8) is 0 Å². The third kappa shape index (κ3) is 14.1. The molecule has 366 valence electrons. The molecule has 3 fully saturated rings. The summed E-state index contributed by atoms with van der Waals surface area (Å²) in [6.07, 6.45) is 6.31. The van der Waals surface area contributed by atoms with Gasteiger partial charge in [0, 0.05) is 81.8 Å². The molecule has 5 amide bonds. The van der Waals surface area contributed by atoms with Gasteiger partial charge < -0.3 is 49.6 Å². The molecular weight excluding hydrogens is 887 g/mol. The molecule has 4 aromatic rings. The van der Waals surface area contributed by atoms with Gasteiger partial charge in [-0.25, -0.2) is 18.3 Å². The summed E-state index contributed by atoms with van der Waals surface area (Å²) < 4.78 is 52.3. The number of rotatable bonds is 25. The summed E-state index contributed by atoms with van der Waals surface area (Å²) in [5.74, 6) is -1.46. The monoisotopic (exact) mass is 946 g/mol. The Hall–Kier alpha value is -6.29. The first-order chi connectivity index (χ1) is 33.1. The number of aromatic nitrogens is 3. The Labute approximate surface area is 393 Å². The van der Waals surface area contributed by atoms with Crippen LogP contribution in [-0.2, 0) is 38.1 Å². The number of piperazine rings is 1. The summed E-state index contributed by atoms with van der Waals surface area (Å²) in [5, 5.41) is 15.5. The molecule has 3 saturated heterocycles. The molecule has 2 aromatic carbocycles. The zero-order chi connectivity index (χ0) is 47.7. The Kier molecular flexibility index (Phi) is 18.4. The van der Waals surface area contributed by atoms with E-state index >= 15 is 0 Å². The first kappa shape index (κ1) is 49.6. The molecule has 0 aliphatic carbocycles. The summed E-state index contributed by atoms with van der Waals surface area (Å²) in [4.78, 5) is 72.1. The summed E-state index contributed by atoms with van der Waals surface area (Å²) in [5.41, 5.74) is 2.74. The average molecular weight is 947 g/mol. The molecule has 3 aliphatic rings. The maximum absolute atomic E-state index is 14.6. The van der Waals surface area contributed by atoms with Crippen molar-refractivity contribution in [3.05, 3.63) is 83.7 Å². The van der Waals surface area contributed by atoms with Crippen LogP contribution in [0.3, 0.4) is 0 Å². The fourth-order valence-corrected chi connectivity index (χ4v) is 8.27. The van der Waals surface area contributed by atoms with E-state index in [-0.39, 0.29) is 59.7 Å². The van der Waals surface area contributed by atoms with E-state index < -0.39 is 17.7 Å². The molecule has 0 radical (unpaired) electrons. The van der Waals surface area contributed by atoms with Gasteiger partial charge in [-0.15, -0.1) is 0 Å². The Balaban J connectivity index is 0.648. The van der Waals surface area contributed by atoms with Crippen LogP contribution < -0.4 is 31.1 Å². The highest BCUT2D eigenvalue weighted by atomic mass is 19.1. The third-order valence-corrected chi connectivity index (χ3v) is 11.9. The van der Waals surface area contributed by atoms with Gasteiger partial charge in [0.15, 0.2) is 5.65 Å². The van der Waals surface area contributed by atoms with Gasteiger partial charge in [0.1, 0.15) is 29.1 Å². The fraction of sp³-hybridized carbons (Fsp3) is 0.511. The van der Waals surface area contributed by atoms with E-state index in [9.17, 15) is 32.8 Å². The molecule has 4 N–H and O–H groups in total. The number of benzene rings is 2. The third-order valence-electron chi connectivity index (χ3n) is 11.9. The Morgan fingerprint density at radius 2 is 1.47 bits per heavy atom. The fourth-order valence-electron chi connectivity index (χ4n) is 8.27. The van der Waals surface area contributed by atoms with E-state index in [2.05, 4.69) is 36.2 Å². The number of halogens is 2. The molecule has 21 heteroatoms. The molecule has 1 unspecified atom stereocenters. The normalized spacial score (nSPS) is 17.4. The van der Waals surface area contributed by atoms with Crippen molar-refractivity contribution >= 4 is 52.4 Å². The lowest BCUT2D eigenvalue weighted by Gasteiger charge is -2.36. The minimum atomic E-state index is -0.503. The molecule has 0 bridgehead atoms. The number of imide groups is 1. The van der Waals surface area contributed by atoms with Crippen molar-refractivity contribution in [2.24, 2.45) is 0 Å². The highest BCUT2D eigenvalue weighted by Gasteiger charge is 2.31. The number of nitrogens with zero attached hydrogens (tertiary/aromatic N) is 6. The molecule has 68 heavy (non-hydrogen) atoms. The average Bonchev–Trinajstić information content (AvgIpc) is 4.01. The minimum absolute atomic E-state index is 0.0545. The second-order valence-corrected chi connectivity index (χ2v) is 16.6. The van der Waals surface area contributed by atoms with E-state index in [1.165, 1.54) is 16.8 Å². The van der Waals surface area contributed by atoms with Crippen LogP contribution in [0.1, 0.15) is 66.9 Å². The minimum Gasteiger partial charge on any atom is -0.379 e. The van der Waals surface area contributed by atoms with Crippen molar-refractivity contribution in [2.75, 3.05) is 114 Å². The van der Waals surface area contributed by atoms with Gasteiger partial charge >= 0.3 is 0 Å². The second kappa shape index (κ2) is 25.2. The Bertz CT molecular complexity index is 2330. The SMILES string of the molecule is O=C(CCOCCOCCOCCOCCC(=O)N1CCN(c2ccc(NC3CCC(=O)NC3=O)cc2)CC1)NCCCNC(=O)c1cnn2ccc(N3CCC[C@@H]3c3cc(F)ccc3F)nc12. The van der Waals surface area contributed by atoms with Crippen LogP contribution in [0.25, 0.3) is 5.65 Å². The van der Waals surface area contributed by atoms with Gasteiger partial charge in [-0.2, -0.15) is 5.10 Å². The highest BCUT2D eigenvalue weighted by molar-refractivity contribution is 6.01. The first-order valence-electron chi connectivity index (χ1n) is 23.3. The molecule has 0 spiro atoms. The van der Waals surface area contributed by atoms with Gasteiger partial charge in [-0.1, -0.05) is 0 Å². The van der Waals surface area contributed by atoms with Crippen LogP contribution in [0.2, 0.25) is 0 Å². The van der Waals surface area contributed by atoms with Gasteiger partial charge in [0.05, 0.1) is 71.5 Å². The van der Waals surface area contributed by atoms with E-state index in [4.69, 9.17) is 18.9 Å². The van der Waals surface area contributed by atoms with Gasteiger partial charge in [-0.3, -0.25) is 29.3 Å². The zero-order valence-electron chi connectivity index (χ0n) is 38.1. The van der Waals surface area contributed by atoms with Crippen LogP contribution in [0, 0.1) is 11.6 Å². The number of nitrogens with one attached hydrogen (secondary N) is 4. The van der Waals surface area contributed by atoms with Crippen LogP contribution in [0.15, 0.2) is 60.9 Å². The summed E-state index contributed by atoms with van der Waals surface area (Å²) in [6, 6.07) is 12.2.